The average molecular weight is 522 g/mol. The molecule has 3 aromatic rings. The first-order valence-corrected chi connectivity index (χ1v) is 12.1. The van der Waals surface area contributed by atoms with Gasteiger partial charge in [-0.2, -0.15) is 0 Å². The first-order valence-electron chi connectivity index (χ1n) is 11.7. The summed E-state index contributed by atoms with van der Waals surface area (Å²) >= 11 is 6.28. The van der Waals surface area contributed by atoms with E-state index in [-0.39, 0.29) is 11.3 Å². The van der Waals surface area contributed by atoms with Crippen molar-refractivity contribution in [1.29, 1.82) is 0 Å². The number of aliphatic hydroxyl groups excluding tert-OH is 1. The van der Waals surface area contributed by atoms with Gasteiger partial charge in [0.2, 0.25) is 0 Å². The lowest BCUT2D eigenvalue weighted by Gasteiger charge is -2.27. The molecule has 1 saturated heterocycles. The van der Waals surface area contributed by atoms with Gasteiger partial charge in [0, 0.05) is 16.3 Å². The quantitative estimate of drug-likeness (QED) is 0.233. The zero-order valence-corrected chi connectivity index (χ0v) is 22.1. The molecule has 8 heteroatoms. The van der Waals surface area contributed by atoms with Crippen molar-refractivity contribution in [2.24, 2.45) is 0 Å². The van der Waals surface area contributed by atoms with E-state index in [9.17, 15) is 14.7 Å². The lowest BCUT2D eigenvalue weighted by molar-refractivity contribution is -0.132. The number of aryl methyl sites for hydroxylation is 2. The molecular formula is C29H28ClNO6. The fraction of sp³-hybridized carbons (Fsp3) is 0.241. The number of ketones is 1. The van der Waals surface area contributed by atoms with Crippen molar-refractivity contribution in [3.63, 3.8) is 0 Å². The topological polar surface area (TPSA) is 85.3 Å². The summed E-state index contributed by atoms with van der Waals surface area (Å²) in [6.07, 6.45) is 0. The van der Waals surface area contributed by atoms with Crippen molar-refractivity contribution >= 4 is 34.7 Å². The molecule has 0 spiro atoms. The van der Waals surface area contributed by atoms with E-state index < -0.39 is 17.7 Å². The molecule has 192 valence electrons. The third kappa shape index (κ3) is 4.74. The molecule has 0 bridgehead atoms. The van der Waals surface area contributed by atoms with Gasteiger partial charge in [-0.15, -0.1) is 0 Å². The Hall–Kier alpha value is -3.97. The molecular weight excluding hydrogens is 494 g/mol. The Morgan fingerprint density at radius 2 is 1.62 bits per heavy atom. The second-order valence-electron chi connectivity index (χ2n) is 8.63. The lowest BCUT2D eigenvalue weighted by Crippen LogP contribution is -2.30. The summed E-state index contributed by atoms with van der Waals surface area (Å²) in [6, 6.07) is 14.4. The zero-order valence-electron chi connectivity index (χ0n) is 21.3. The fourth-order valence-electron chi connectivity index (χ4n) is 4.53. The SMILES string of the molecule is CCOc1ccc(/C(O)=C2\C(=O)C(=O)N(c3cc(Cl)ccc3C)C2c2ccc(OC)c(OC)c2)cc1C. The molecule has 0 radical (unpaired) electrons. The Bertz CT molecular complexity index is 1410. The Kier molecular flexibility index (Phi) is 7.45. The highest BCUT2D eigenvalue weighted by Gasteiger charge is 2.47. The molecule has 1 heterocycles. The number of hydrogen-bond acceptors (Lipinski definition) is 6. The van der Waals surface area contributed by atoms with Crippen molar-refractivity contribution in [2.75, 3.05) is 25.7 Å². The van der Waals surface area contributed by atoms with Crippen LogP contribution in [0.4, 0.5) is 5.69 Å². The van der Waals surface area contributed by atoms with E-state index in [0.29, 0.717) is 45.7 Å². The highest BCUT2D eigenvalue weighted by Crippen LogP contribution is 2.45. The number of methoxy groups -OCH3 is 2. The first-order chi connectivity index (χ1) is 17.7. The summed E-state index contributed by atoms with van der Waals surface area (Å²) in [5, 5.41) is 11.9. The van der Waals surface area contributed by atoms with Crippen LogP contribution in [0.1, 0.15) is 35.2 Å². The maximum atomic E-state index is 13.5. The third-order valence-corrected chi connectivity index (χ3v) is 6.58. The molecule has 1 unspecified atom stereocenters. The van der Waals surface area contributed by atoms with Crippen LogP contribution in [0, 0.1) is 13.8 Å². The van der Waals surface area contributed by atoms with Crippen LogP contribution in [-0.4, -0.2) is 37.6 Å². The number of halogens is 1. The van der Waals surface area contributed by atoms with Gasteiger partial charge in [0.25, 0.3) is 11.7 Å². The van der Waals surface area contributed by atoms with Gasteiger partial charge < -0.3 is 19.3 Å². The second-order valence-corrected chi connectivity index (χ2v) is 9.06. The summed E-state index contributed by atoms with van der Waals surface area (Å²) in [5.74, 6) is -0.274. The van der Waals surface area contributed by atoms with Gasteiger partial charge in [0.1, 0.15) is 11.5 Å². The lowest BCUT2D eigenvalue weighted by atomic mass is 9.94. The van der Waals surface area contributed by atoms with Crippen molar-refractivity contribution in [3.05, 3.63) is 87.4 Å². The normalized spacial score (nSPS) is 16.7. The maximum Gasteiger partial charge on any atom is 0.300 e. The Morgan fingerprint density at radius 3 is 2.27 bits per heavy atom. The molecule has 1 aliphatic heterocycles. The molecule has 1 fully saturated rings. The number of amides is 1. The number of rotatable bonds is 7. The van der Waals surface area contributed by atoms with Gasteiger partial charge in [0.05, 0.1) is 32.4 Å². The zero-order chi connectivity index (χ0) is 26.9. The number of benzene rings is 3. The minimum atomic E-state index is -0.941. The standard InChI is InChI=1S/C29H28ClNO6/c1-6-37-22-11-9-19(13-17(22)3)27(32)25-26(18-8-12-23(35-4)24(14-18)36-5)31(29(34)28(25)33)21-15-20(30)10-7-16(21)2/h7-15,26,32H,6H2,1-5H3/b27-25+. The molecule has 7 nitrogen and oxygen atoms in total. The van der Waals surface area contributed by atoms with E-state index in [2.05, 4.69) is 0 Å². The molecule has 0 aliphatic carbocycles. The average Bonchev–Trinajstić information content (AvgIpc) is 3.15. The van der Waals surface area contributed by atoms with Crippen LogP contribution in [-0.2, 0) is 9.59 Å². The Balaban J connectivity index is 1.98. The van der Waals surface area contributed by atoms with Crippen molar-refractivity contribution in [1.82, 2.24) is 0 Å². The Labute approximate surface area is 220 Å². The number of nitrogens with zero attached hydrogens (tertiary/aromatic N) is 1. The van der Waals surface area contributed by atoms with Crippen LogP contribution in [0.25, 0.3) is 5.76 Å². The van der Waals surface area contributed by atoms with E-state index in [1.54, 1.807) is 54.6 Å². The van der Waals surface area contributed by atoms with Crippen LogP contribution >= 0.6 is 11.6 Å². The number of carbonyl (C=O) groups excluding carboxylic acids is 2. The monoisotopic (exact) mass is 521 g/mol. The summed E-state index contributed by atoms with van der Waals surface area (Å²) in [7, 11) is 3.02. The number of carbonyl (C=O) groups is 2. The summed E-state index contributed by atoms with van der Waals surface area (Å²) in [4.78, 5) is 28.4. The molecule has 1 amide bonds. The molecule has 1 N–H and O–H groups in total. The van der Waals surface area contributed by atoms with E-state index in [1.165, 1.54) is 19.1 Å². The van der Waals surface area contributed by atoms with Gasteiger partial charge in [-0.05, 0) is 79.9 Å². The van der Waals surface area contributed by atoms with E-state index in [1.807, 2.05) is 20.8 Å². The molecule has 0 aromatic heterocycles. The molecule has 3 aromatic carbocycles. The fourth-order valence-corrected chi connectivity index (χ4v) is 4.70. The van der Waals surface area contributed by atoms with Crippen molar-refractivity contribution in [2.45, 2.75) is 26.8 Å². The number of Topliss-reactive ketones (excluding diaryl/α,β-unsaturated/α-hetero) is 1. The van der Waals surface area contributed by atoms with Gasteiger partial charge in [-0.1, -0.05) is 23.7 Å². The maximum absolute atomic E-state index is 13.5. The van der Waals surface area contributed by atoms with E-state index >= 15 is 0 Å². The Morgan fingerprint density at radius 1 is 0.919 bits per heavy atom. The van der Waals surface area contributed by atoms with Crippen molar-refractivity contribution < 1.29 is 28.9 Å². The molecule has 0 saturated carbocycles. The highest BCUT2D eigenvalue weighted by molar-refractivity contribution is 6.52. The van der Waals surface area contributed by atoms with Crippen LogP contribution in [0.2, 0.25) is 5.02 Å². The van der Waals surface area contributed by atoms with E-state index in [4.69, 9.17) is 25.8 Å². The van der Waals surface area contributed by atoms with Gasteiger partial charge in [-0.3, -0.25) is 14.5 Å². The number of ether oxygens (including phenoxy) is 3. The molecule has 1 aliphatic rings. The minimum Gasteiger partial charge on any atom is -0.507 e. The predicted octanol–water partition coefficient (Wildman–Crippen LogP) is 6.00. The summed E-state index contributed by atoms with van der Waals surface area (Å²) < 4.78 is 16.5. The smallest absolute Gasteiger partial charge is 0.300 e. The van der Waals surface area contributed by atoms with Crippen LogP contribution in [0.15, 0.2) is 60.2 Å². The van der Waals surface area contributed by atoms with Gasteiger partial charge in [-0.25, -0.2) is 0 Å². The number of aliphatic hydroxyl groups is 1. The van der Waals surface area contributed by atoms with Gasteiger partial charge in [0.15, 0.2) is 11.5 Å². The summed E-state index contributed by atoms with van der Waals surface area (Å²) in [6.45, 7) is 6.05. The second kappa shape index (κ2) is 10.6. The first kappa shape index (κ1) is 26.1. The molecule has 1 atom stereocenters. The minimum absolute atomic E-state index is 0.0415. The van der Waals surface area contributed by atoms with Crippen LogP contribution in [0.5, 0.6) is 17.2 Å². The number of anilines is 1. The van der Waals surface area contributed by atoms with Crippen LogP contribution < -0.4 is 19.1 Å². The van der Waals surface area contributed by atoms with Crippen LogP contribution in [0.3, 0.4) is 0 Å². The van der Waals surface area contributed by atoms with E-state index in [0.717, 1.165) is 11.1 Å². The predicted molar refractivity (Wildman–Crippen MR) is 143 cm³/mol. The molecule has 37 heavy (non-hydrogen) atoms. The summed E-state index contributed by atoms with van der Waals surface area (Å²) in [5.41, 5.74) is 2.91. The van der Waals surface area contributed by atoms with Gasteiger partial charge >= 0.3 is 0 Å². The largest absolute Gasteiger partial charge is 0.507 e. The number of hydrogen-bond donors (Lipinski definition) is 1. The molecule has 4 rings (SSSR count). The third-order valence-electron chi connectivity index (χ3n) is 6.35. The highest BCUT2D eigenvalue weighted by atomic mass is 35.5. The van der Waals surface area contributed by atoms with Crippen molar-refractivity contribution in [3.8, 4) is 17.2 Å².